The van der Waals surface area contributed by atoms with E-state index in [9.17, 15) is 0 Å². The van der Waals surface area contributed by atoms with E-state index in [4.69, 9.17) is 4.79 Å². The van der Waals surface area contributed by atoms with Gasteiger partial charge in [0.1, 0.15) is 0 Å². The molecule has 2 radical (unpaired) electrons. The summed E-state index contributed by atoms with van der Waals surface area (Å²) >= 11 is 0. The van der Waals surface area contributed by atoms with Gasteiger partial charge in [-0.3, -0.25) is 11.7 Å². The van der Waals surface area contributed by atoms with E-state index in [1.165, 1.54) is 11.8 Å². The first-order chi connectivity index (χ1) is 5.80. The van der Waals surface area contributed by atoms with E-state index in [1.807, 2.05) is 0 Å². The zero-order valence-electron chi connectivity index (χ0n) is 12.3. The van der Waals surface area contributed by atoms with Crippen LogP contribution in [0.2, 0.25) is 0 Å². The van der Waals surface area contributed by atoms with Crippen molar-refractivity contribution in [3.8, 4) is 0 Å². The van der Waals surface area contributed by atoms with Crippen LogP contribution in [0, 0.1) is 24.7 Å². The molecule has 0 spiro atoms. The number of rotatable bonds is 3. The molecule has 1 nitrogen and oxygen atoms in total. The van der Waals surface area contributed by atoms with E-state index in [2.05, 4.69) is 41.5 Å². The van der Waals surface area contributed by atoms with E-state index in [1.54, 1.807) is 13.2 Å². The van der Waals surface area contributed by atoms with Crippen molar-refractivity contribution in [3.63, 3.8) is 0 Å². The maximum atomic E-state index is 9.05. The maximum Gasteiger partial charge on any atom is 0 e. The Morgan fingerprint density at radius 1 is 1.00 bits per heavy atom. The van der Waals surface area contributed by atoms with Crippen molar-refractivity contribution in [3.05, 3.63) is 19.3 Å². The Morgan fingerprint density at radius 3 is 1.19 bits per heavy atom. The molecule has 16 heavy (non-hydrogen) atoms. The van der Waals surface area contributed by atoms with Crippen molar-refractivity contribution < 1.29 is 70.2 Å². The molecule has 0 N–H and O–H groups in total. The van der Waals surface area contributed by atoms with Crippen LogP contribution in [-0.4, -0.2) is 6.29 Å². The molecule has 0 aromatic heterocycles. The average molecular weight is 376 g/mol. The molecule has 0 saturated heterocycles. The molecule has 0 aromatic carbocycles. The molecule has 0 aliphatic rings. The standard InChI is InChI=1S/C9H18.C3H5O.CH3.2Y/c1-7(2)9(5,6)8(3)4;1-2-3-4;;;/h1-6H3;2H2,1H3;1H3;;/q-2;2*-1;;. The van der Waals surface area contributed by atoms with E-state index in [-0.39, 0.29) is 72.8 Å². The quantitative estimate of drug-likeness (QED) is 0.675. The molecule has 0 heterocycles. The van der Waals surface area contributed by atoms with Gasteiger partial charge in [0.15, 0.2) is 0 Å². The molecular formula is C13H26OY2-4. The van der Waals surface area contributed by atoms with Crippen molar-refractivity contribution in [1.29, 1.82) is 0 Å². The monoisotopic (exact) mass is 376 g/mol. The fourth-order valence-corrected chi connectivity index (χ4v) is 0.500. The molecule has 0 amide bonds. The van der Waals surface area contributed by atoms with Crippen LogP contribution in [0.5, 0.6) is 0 Å². The Hall–Kier alpha value is 1.88. The molecule has 94 valence electrons. The topological polar surface area (TPSA) is 17.1 Å². The van der Waals surface area contributed by atoms with Crippen LogP contribution in [0.15, 0.2) is 0 Å². The van der Waals surface area contributed by atoms with Crippen molar-refractivity contribution in [2.24, 2.45) is 5.41 Å². The summed E-state index contributed by atoms with van der Waals surface area (Å²) < 4.78 is 0. The van der Waals surface area contributed by atoms with Crippen LogP contribution in [0.4, 0.5) is 0 Å². The van der Waals surface area contributed by atoms with Gasteiger partial charge in [0.05, 0.1) is 0 Å². The third-order valence-corrected chi connectivity index (χ3v) is 2.64. The predicted molar refractivity (Wildman–Crippen MR) is 65.4 cm³/mol. The zero-order chi connectivity index (χ0) is 11.1. The summed E-state index contributed by atoms with van der Waals surface area (Å²) in [6.07, 6.45) is 2.19. The number of carbonyl (C=O) groups excluding carboxylic acids is 1. The largest absolute Gasteiger partial charge is 0.542 e. The van der Waals surface area contributed by atoms with Gasteiger partial charge in [-0.25, -0.2) is 0 Å². The number of hydrogen-bond acceptors (Lipinski definition) is 1. The average Bonchev–Trinajstić information content (AvgIpc) is 2.04. The third kappa shape index (κ3) is 15.9. The van der Waals surface area contributed by atoms with E-state index in [0.717, 1.165) is 0 Å². The Labute approximate surface area is 154 Å². The van der Waals surface area contributed by atoms with Gasteiger partial charge in [0.2, 0.25) is 0 Å². The van der Waals surface area contributed by atoms with E-state index < -0.39 is 0 Å². The van der Waals surface area contributed by atoms with Gasteiger partial charge in [-0.1, -0.05) is 6.92 Å². The molecule has 0 rings (SSSR count). The van der Waals surface area contributed by atoms with Gasteiger partial charge in [-0.2, -0.15) is 34.1 Å². The predicted octanol–water partition coefficient (Wildman–Crippen LogP) is 4.19. The van der Waals surface area contributed by atoms with Crippen molar-refractivity contribution in [1.82, 2.24) is 0 Å². The van der Waals surface area contributed by atoms with E-state index in [0.29, 0.717) is 11.8 Å². The molecule has 0 aromatic rings. The molecule has 0 aliphatic carbocycles. The van der Waals surface area contributed by atoms with Crippen molar-refractivity contribution in [2.45, 2.75) is 54.9 Å². The van der Waals surface area contributed by atoms with Crippen LogP contribution < -0.4 is 0 Å². The molecule has 0 fully saturated rings. The summed E-state index contributed by atoms with van der Waals surface area (Å²) in [6, 6.07) is 0. The minimum absolute atomic E-state index is 0. The molecule has 0 bridgehead atoms. The summed E-state index contributed by atoms with van der Waals surface area (Å²) in [5, 5.41) is 0. The van der Waals surface area contributed by atoms with E-state index >= 15 is 0 Å². The summed E-state index contributed by atoms with van der Waals surface area (Å²) in [5.41, 5.74) is 0.333. The van der Waals surface area contributed by atoms with Gasteiger partial charge in [0.25, 0.3) is 0 Å². The van der Waals surface area contributed by atoms with Crippen LogP contribution >= 0.6 is 0 Å². The summed E-state index contributed by atoms with van der Waals surface area (Å²) in [6.45, 7) is 15.0. The minimum Gasteiger partial charge on any atom is -0.542 e. The first-order valence-electron chi connectivity index (χ1n) is 4.76. The van der Waals surface area contributed by atoms with Crippen LogP contribution in [0.25, 0.3) is 0 Å². The Balaban J connectivity index is -0.0000000511. The Bertz CT molecular complexity index is 122. The molecule has 0 saturated carbocycles. The SMILES string of the molecule is CC[C-]=O.C[C-](C)C(C)(C)[C-](C)C.[CH3-].[Y].[Y]. The molecule has 3 heteroatoms. The molecular weight excluding hydrogens is 350 g/mol. The van der Waals surface area contributed by atoms with Gasteiger partial charge in [-0.15, -0.1) is 13.8 Å². The fraction of sp³-hybridized carbons (Fsp3) is 0.692. The third-order valence-electron chi connectivity index (χ3n) is 2.64. The fourth-order valence-electron chi connectivity index (χ4n) is 0.500. The zero-order valence-corrected chi connectivity index (χ0v) is 17.9. The van der Waals surface area contributed by atoms with Gasteiger partial charge >= 0.3 is 0 Å². The minimum atomic E-state index is 0. The molecule has 0 aliphatic heterocycles. The second-order valence-corrected chi connectivity index (χ2v) is 4.12. The first-order valence-corrected chi connectivity index (χ1v) is 4.76. The van der Waals surface area contributed by atoms with Gasteiger partial charge in [0, 0.05) is 65.4 Å². The maximum absolute atomic E-state index is 9.05. The second kappa shape index (κ2) is 16.9. The Kier molecular flexibility index (Phi) is 32.4. The van der Waals surface area contributed by atoms with Crippen LogP contribution in [0.3, 0.4) is 0 Å². The molecule has 0 atom stereocenters. The van der Waals surface area contributed by atoms with Gasteiger partial charge in [-0.05, 0) is 0 Å². The summed E-state index contributed by atoms with van der Waals surface area (Å²) in [5.74, 6) is 2.98. The van der Waals surface area contributed by atoms with Crippen molar-refractivity contribution >= 4 is 6.29 Å². The summed E-state index contributed by atoms with van der Waals surface area (Å²) in [7, 11) is 0. The smallest absolute Gasteiger partial charge is 0 e. The van der Waals surface area contributed by atoms with Crippen LogP contribution in [-0.2, 0) is 70.2 Å². The summed E-state index contributed by atoms with van der Waals surface area (Å²) in [4.78, 5) is 9.05. The van der Waals surface area contributed by atoms with Crippen LogP contribution in [0.1, 0.15) is 54.9 Å². The normalized spacial score (nSPS) is 9.06. The number of hydrogen-bond donors (Lipinski definition) is 0. The van der Waals surface area contributed by atoms with Crippen molar-refractivity contribution in [2.75, 3.05) is 0 Å². The molecule has 0 unspecified atom stereocenters. The Morgan fingerprint density at radius 2 is 1.19 bits per heavy atom. The van der Waals surface area contributed by atoms with Gasteiger partial charge < -0.3 is 24.1 Å². The second-order valence-electron chi connectivity index (χ2n) is 4.12. The first kappa shape index (κ1) is 30.7.